The standard InChI is InChI=1S/C17H16N2O2S/c1-13-9-10-15-6-2-3-8-17(15)19(13)22(20,21)16-7-4-5-14(11-16)12-18/h2-8,11,13H,9-10H2,1H3/t13-/m0/s1. The van der Waals surface area contributed by atoms with Gasteiger partial charge in [0.25, 0.3) is 10.0 Å². The van der Waals surface area contributed by atoms with Gasteiger partial charge in [-0.1, -0.05) is 24.3 Å². The van der Waals surface area contributed by atoms with Gasteiger partial charge >= 0.3 is 0 Å². The van der Waals surface area contributed by atoms with Crippen molar-refractivity contribution in [3.63, 3.8) is 0 Å². The van der Waals surface area contributed by atoms with Crippen LogP contribution in [0.15, 0.2) is 53.4 Å². The van der Waals surface area contributed by atoms with Crippen LogP contribution in [0.25, 0.3) is 0 Å². The normalized spacial score (nSPS) is 17.6. The zero-order valence-corrected chi connectivity index (χ0v) is 13.0. The summed E-state index contributed by atoms with van der Waals surface area (Å²) in [5.74, 6) is 0. The molecule has 5 heteroatoms. The molecule has 1 aliphatic rings. The Morgan fingerprint density at radius 3 is 2.73 bits per heavy atom. The zero-order valence-electron chi connectivity index (χ0n) is 12.2. The molecule has 112 valence electrons. The molecule has 0 saturated carbocycles. The van der Waals surface area contributed by atoms with Gasteiger partial charge in [-0.2, -0.15) is 5.26 Å². The van der Waals surface area contributed by atoms with Crippen LogP contribution in [0, 0.1) is 11.3 Å². The lowest BCUT2D eigenvalue weighted by atomic mass is 9.99. The highest BCUT2D eigenvalue weighted by Gasteiger charge is 2.33. The van der Waals surface area contributed by atoms with Gasteiger partial charge in [0.2, 0.25) is 0 Å². The van der Waals surface area contributed by atoms with Crippen molar-refractivity contribution in [1.29, 1.82) is 5.26 Å². The molecule has 2 aromatic rings. The van der Waals surface area contributed by atoms with E-state index in [1.807, 2.05) is 37.3 Å². The first kappa shape index (κ1) is 14.6. The third-order valence-corrected chi connectivity index (χ3v) is 5.90. The van der Waals surface area contributed by atoms with Crippen LogP contribution < -0.4 is 4.31 Å². The van der Waals surface area contributed by atoms with Crippen LogP contribution in [-0.2, 0) is 16.4 Å². The van der Waals surface area contributed by atoms with E-state index in [1.165, 1.54) is 10.4 Å². The molecule has 22 heavy (non-hydrogen) atoms. The topological polar surface area (TPSA) is 61.2 Å². The van der Waals surface area contributed by atoms with Crippen LogP contribution in [-0.4, -0.2) is 14.5 Å². The third-order valence-electron chi connectivity index (χ3n) is 3.98. The number of hydrogen-bond acceptors (Lipinski definition) is 3. The molecule has 0 saturated heterocycles. The van der Waals surface area contributed by atoms with Crippen LogP contribution >= 0.6 is 0 Å². The minimum atomic E-state index is -3.67. The lowest BCUT2D eigenvalue weighted by Crippen LogP contribution is -2.42. The molecule has 0 fully saturated rings. The molecule has 0 aromatic heterocycles. The Bertz CT molecular complexity index is 853. The highest BCUT2D eigenvalue weighted by atomic mass is 32.2. The number of hydrogen-bond donors (Lipinski definition) is 0. The first-order chi connectivity index (χ1) is 10.5. The Kier molecular flexibility index (Phi) is 3.63. The number of sulfonamides is 1. The zero-order chi connectivity index (χ0) is 15.7. The second-order valence-corrected chi connectivity index (χ2v) is 7.27. The first-order valence-electron chi connectivity index (χ1n) is 7.16. The van der Waals surface area contributed by atoms with Crippen molar-refractivity contribution < 1.29 is 8.42 Å². The Morgan fingerprint density at radius 2 is 1.95 bits per heavy atom. The maximum Gasteiger partial charge on any atom is 0.264 e. The minimum Gasteiger partial charge on any atom is -0.263 e. The molecule has 1 aliphatic heterocycles. The van der Waals surface area contributed by atoms with E-state index in [1.54, 1.807) is 18.2 Å². The predicted molar refractivity (Wildman–Crippen MR) is 85.0 cm³/mol. The molecule has 1 heterocycles. The molecule has 0 radical (unpaired) electrons. The number of anilines is 1. The van der Waals surface area contributed by atoms with Crippen LogP contribution in [0.3, 0.4) is 0 Å². The summed E-state index contributed by atoms with van der Waals surface area (Å²) < 4.78 is 27.6. The van der Waals surface area contributed by atoms with Crippen LogP contribution in [0.5, 0.6) is 0 Å². The molecule has 0 amide bonds. The average Bonchev–Trinajstić information content (AvgIpc) is 2.54. The van der Waals surface area contributed by atoms with Crippen molar-refractivity contribution in [2.24, 2.45) is 0 Å². The number of nitrogens with zero attached hydrogens (tertiary/aromatic N) is 2. The average molecular weight is 312 g/mol. The number of para-hydroxylation sites is 1. The number of rotatable bonds is 2. The van der Waals surface area contributed by atoms with Gasteiger partial charge in [-0.05, 0) is 49.6 Å². The van der Waals surface area contributed by atoms with Crippen LogP contribution in [0.2, 0.25) is 0 Å². The van der Waals surface area contributed by atoms with Crippen molar-refractivity contribution in [3.8, 4) is 6.07 Å². The largest absolute Gasteiger partial charge is 0.264 e. The molecule has 0 bridgehead atoms. The number of nitriles is 1. The van der Waals surface area contributed by atoms with Gasteiger partial charge in [0.05, 0.1) is 22.2 Å². The number of aryl methyl sites for hydroxylation is 1. The molecule has 3 rings (SSSR count). The Morgan fingerprint density at radius 1 is 1.18 bits per heavy atom. The second-order valence-electron chi connectivity index (χ2n) is 5.46. The summed E-state index contributed by atoms with van der Waals surface area (Å²) in [7, 11) is -3.67. The van der Waals surface area contributed by atoms with E-state index in [4.69, 9.17) is 5.26 Å². The summed E-state index contributed by atoms with van der Waals surface area (Å²) in [5, 5.41) is 8.99. The van der Waals surface area contributed by atoms with E-state index >= 15 is 0 Å². The van der Waals surface area contributed by atoms with Crippen molar-refractivity contribution in [2.75, 3.05) is 4.31 Å². The smallest absolute Gasteiger partial charge is 0.263 e. The summed E-state index contributed by atoms with van der Waals surface area (Å²) >= 11 is 0. The minimum absolute atomic E-state index is 0.106. The fourth-order valence-corrected chi connectivity index (χ4v) is 4.63. The highest BCUT2D eigenvalue weighted by Crippen LogP contribution is 2.35. The number of benzene rings is 2. The lowest BCUT2D eigenvalue weighted by Gasteiger charge is -2.36. The molecule has 4 nitrogen and oxygen atoms in total. The van der Waals surface area contributed by atoms with Gasteiger partial charge in [0, 0.05) is 6.04 Å². The summed E-state index contributed by atoms with van der Waals surface area (Å²) in [4.78, 5) is 0.162. The fraction of sp³-hybridized carbons (Fsp3) is 0.235. The first-order valence-corrected chi connectivity index (χ1v) is 8.60. The van der Waals surface area contributed by atoms with E-state index in [-0.39, 0.29) is 10.9 Å². The van der Waals surface area contributed by atoms with Crippen molar-refractivity contribution in [3.05, 3.63) is 59.7 Å². The third kappa shape index (κ3) is 2.36. The molecule has 2 aromatic carbocycles. The van der Waals surface area contributed by atoms with Gasteiger partial charge in [0.1, 0.15) is 0 Å². The van der Waals surface area contributed by atoms with Crippen LogP contribution in [0.1, 0.15) is 24.5 Å². The highest BCUT2D eigenvalue weighted by molar-refractivity contribution is 7.92. The summed E-state index contributed by atoms with van der Waals surface area (Å²) in [5.41, 5.74) is 2.13. The van der Waals surface area contributed by atoms with Gasteiger partial charge in [0.15, 0.2) is 0 Å². The molecular formula is C17H16N2O2S. The van der Waals surface area contributed by atoms with E-state index < -0.39 is 10.0 Å². The van der Waals surface area contributed by atoms with Gasteiger partial charge in [-0.3, -0.25) is 4.31 Å². The molecular weight excluding hydrogens is 296 g/mol. The summed E-state index contributed by atoms with van der Waals surface area (Å²) in [6, 6.07) is 15.7. The van der Waals surface area contributed by atoms with E-state index in [9.17, 15) is 8.42 Å². The van der Waals surface area contributed by atoms with Crippen molar-refractivity contribution >= 4 is 15.7 Å². The monoisotopic (exact) mass is 312 g/mol. The maximum atomic E-state index is 13.0. The molecule has 1 atom stereocenters. The second kappa shape index (κ2) is 5.47. The van der Waals surface area contributed by atoms with Crippen molar-refractivity contribution in [2.45, 2.75) is 30.7 Å². The van der Waals surface area contributed by atoms with Gasteiger partial charge in [-0.15, -0.1) is 0 Å². The molecule has 0 aliphatic carbocycles. The SMILES string of the molecule is C[C@H]1CCc2ccccc2N1S(=O)(=O)c1cccc(C#N)c1. The maximum absolute atomic E-state index is 13.0. The Balaban J connectivity index is 2.14. The fourth-order valence-electron chi connectivity index (χ4n) is 2.86. The van der Waals surface area contributed by atoms with E-state index in [0.717, 1.165) is 24.1 Å². The predicted octanol–water partition coefficient (Wildman–Crippen LogP) is 3.09. The number of fused-ring (bicyclic) bond motifs is 1. The Hall–Kier alpha value is -2.32. The van der Waals surface area contributed by atoms with Crippen LogP contribution in [0.4, 0.5) is 5.69 Å². The quantitative estimate of drug-likeness (QED) is 0.856. The van der Waals surface area contributed by atoms with Gasteiger partial charge in [-0.25, -0.2) is 8.42 Å². The van der Waals surface area contributed by atoms with Crippen molar-refractivity contribution in [1.82, 2.24) is 0 Å². The molecule has 0 unspecified atom stereocenters. The summed E-state index contributed by atoms with van der Waals surface area (Å²) in [6.45, 7) is 1.92. The van der Waals surface area contributed by atoms with E-state index in [2.05, 4.69) is 0 Å². The molecule has 0 spiro atoms. The Labute approximate surface area is 130 Å². The lowest BCUT2D eigenvalue weighted by molar-refractivity contribution is 0.563. The van der Waals surface area contributed by atoms with E-state index in [0.29, 0.717) is 5.56 Å². The molecule has 0 N–H and O–H groups in total. The van der Waals surface area contributed by atoms with Gasteiger partial charge < -0.3 is 0 Å². The summed E-state index contributed by atoms with van der Waals surface area (Å²) in [6.07, 6.45) is 1.66.